The molecule has 0 spiro atoms. The van der Waals surface area contributed by atoms with Gasteiger partial charge in [0.05, 0.1) is 15.2 Å². The van der Waals surface area contributed by atoms with Crippen molar-refractivity contribution in [1.29, 1.82) is 0 Å². The van der Waals surface area contributed by atoms with Crippen LogP contribution < -0.4 is 4.90 Å². The van der Waals surface area contributed by atoms with Crippen LogP contribution in [0.1, 0.15) is 77.8 Å². The van der Waals surface area contributed by atoms with Gasteiger partial charge in [0, 0.05) is 64.7 Å². The zero-order valence-corrected chi connectivity index (χ0v) is 37.3. The fourth-order valence-electron chi connectivity index (χ4n) is 8.73. The summed E-state index contributed by atoms with van der Waals surface area (Å²) in [4.78, 5) is 11.1. The third-order valence-corrected chi connectivity index (χ3v) is 14.8. The van der Waals surface area contributed by atoms with Crippen LogP contribution in [-0.2, 0) is 56.1 Å². The summed E-state index contributed by atoms with van der Waals surface area (Å²) in [5.74, 6) is 0. The lowest BCUT2D eigenvalue weighted by atomic mass is 9.79. The van der Waals surface area contributed by atoms with Gasteiger partial charge >= 0.3 is 0 Å². The lowest BCUT2D eigenvalue weighted by molar-refractivity contribution is -0.437. The van der Waals surface area contributed by atoms with Gasteiger partial charge in [-0.25, -0.2) is 0 Å². The Kier molecular flexibility index (Phi) is 12.2. The summed E-state index contributed by atoms with van der Waals surface area (Å²) in [6.45, 7) is 10.3. The summed E-state index contributed by atoms with van der Waals surface area (Å²) in [5.41, 5.74) is 1.66. The third kappa shape index (κ3) is 8.62. The predicted octanol–water partition coefficient (Wildman–Crippen LogP) is 7.32. The summed E-state index contributed by atoms with van der Waals surface area (Å²) >= 11 is 0. The van der Waals surface area contributed by atoms with E-state index in [1.165, 1.54) is 36.4 Å². The number of aldehydes is 1. The van der Waals surface area contributed by atoms with E-state index in [9.17, 15) is 56.7 Å². The van der Waals surface area contributed by atoms with Crippen molar-refractivity contribution >= 4 is 85.4 Å². The van der Waals surface area contributed by atoms with Crippen molar-refractivity contribution in [2.24, 2.45) is 0 Å². The molecule has 0 radical (unpaired) electrons. The van der Waals surface area contributed by atoms with Crippen molar-refractivity contribution in [1.82, 2.24) is 0 Å². The molecule has 2 aliphatic heterocycles. The first-order valence-electron chi connectivity index (χ1n) is 19.3. The lowest BCUT2D eigenvalue weighted by Crippen LogP contribution is -2.28. The Morgan fingerprint density at radius 3 is 1.72 bits per heavy atom. The van der Waals surface area contributed by atoms with E-state index in [4.69, 9.17) is 0 Å². The Morgan fingerprint density at radius 1 is 0.639 bits per heavy atom. The van der Waals surface area contributed by atoms with Crippen LogP contribution in [0, 0.1) is 0 Å². The number of hydrogen-bond acceptors (Lipinski definition) is 10. The molecule has 19 heteroatoms. The predicted molar refractivity (Wildman–Crippen MR) is 232 cm³/mol. The number of carbonyl (C=O) groups is 1. The van der Waals surface area contributed by atoms with Crippen molar-refractivity contribution < 1.29 is 61.3 Å². The van der Waals surface area contributed by atoms with Gasteiger partial charge in [0.1, 0.15) is 22.6 Å². The molecule has 0 aromatic heterocycles. The molecule has 0 saturated carbocycles. The van der Waals surface area contributed by atoms with E-state index in [2.05, 4.69) is 0 Å². The normalized spacial score (nSPS) is 17.4. The highest BCUT2D eigenvalue weighted by atomic mass is 32.2. The van der Waals surface area contributed by atoms with Gasteiger partial charge in [0.15, 0.2) is 5.71 Å². The standard InChI is InChI=1S/C42H46N2O13S4/c1-6-20-43-33-25-35(60(52,53)54)29-18-16-27(58(46,47)48)23-31(29)39(33)41(2,3)37(43)14-10-9-11-15-38-42(4,5)40-32-24-28(59(49,50)51)17-19-30(32)36(61(55,56)57)26-34(40)44(38)21-12-7-8-13-22-45/h9-11,14-19,22-26H,6-8,12-13,20-21H2,1-5H3,(H3-,46,47,48,49,50,51,52,53,54,55,56,57)/p+1. The van der Waals surface area contributed by atoms with Crippen LogP contribution in [0.5, 0.6) is 0 Å². The second-order valence-electron chi connectivity index (χ2n) is 16.1. The molecule has 61 heavy (non-hydrogen) atoms. The molecular weight excluding hydrogens is 869 g/mol. The van der Waals surface area contributed by atoms with E-state index >= 15 is 0 Å². The van der Waals surface area contributed by atoms with Crippen LogP contribution in [0.25, 0.3) is 21.5 Å². The highest BCUT2D eigenvalue weighted by molar-refractivity contribution is 7.86. The van der Waals surface area contributed by atoms with E-state index in [1.807, 2.05) is 56.2 Å². The fraction of sp³-hybridized carbons (Fsp3) is 0.333. The fourth-order valence-corrected chi connectivity index (χ4v) is 11.2. The van der Waals surface area contributed by atoms with Gasteiger partial charge in [-0.05, 0) is 79.4 Å². The van der Waals surface area contributed by atoms with Crippen molar-refractivity contribution in [2.75, 3.05) is 18.0 Å². The van der Waals surface area contributed by atoms with Gasteiger partial charge in [0.25, 0.3) is 40.5 Å². The van der Waals surface area contributed by atoms with E-state index in [0.29, 0.717) is 73.4 Å². The largest absolute Gasteiger partial charge is 0.344 e. The molecule has 326 valence electrons. The summed E-state index contributed by atoms with van der Waals surface area (Å²) in [5, 5.41) is 0.561. The zero-order valence-electron chi connectivity index (χ0n) is 34.0. The smallest absolute Gasteiger partial charge is 0.295 e. The van der Waals surface area contributed by atoms with Crippen LogP contribution in [0.2, 0.25) is 0 Å². The molecule has 2 aliphatic rings. The molecule has 2 heterocycles. The number of unbranched alkanes of at least 4 members (excludes halogenated alkanes) is 3. The minimum absolute atomic E-state index is 0.0620. The van der Waals surface area contributed by atoms with Gasteiger partial charge in [-0.2, -0.15) is 38.2 Å². The molecule has 15 nitrogen and oxygen atoms in total. The average Bonchev–Trinajstić information content (AvgIpc) is 3.50. The number of fused-ring (bicyclic) bond motifs is 6. The molecule has 0 saturated heterocycles. The van der Waals surface area contributed by atoms with Crippen LogP contribution in [0.3, 0.4) is 0 Å². The first-order valence-corrected chi connectivity index (χ1v) is 25.1. The molecule has 0 fully saturated rings. The molecule has 0 bridgehead atoms. The van der Waals surface area contributed by atoms with Gasteiger partial charge in [-0.1, -0.05) is 57.6 Å². The molecule has 6 rings (SSSR count). The summed E-state index contributed by atoms with van der Waals surface area (Å²) < 4.78 is 142. The Morgan fingerprint density at radius 2 is 1.20 bits per heavy atom. The van der Waals surface area contributed by atoms with Crippen LogP contribution in [0.4, 0.5) is 11.4 Å². The van der Waals surface area contributed by atoms with Gasteiger partial charge in [-0.15, -0.1) is 0 Å². The first kappa shape index (κ1) is 45.9. The van der Waals surface area contributed by atoms with Gasteiger partial charge in [-0.3, -0.25) is 18.2 Å². The molecule has 0 atom stereocenters. The Balaban J connectivity index is 1.48. The Hall–Kier alpha value is -4.60. The van der Waals surface area contributed by atoms with Crippen molar-refractivity contribution in [3.05, 3.63) is 95.7 Å². The van der Waals surface area contributed by atoms with Crippen molar-refractivity contribution in [3.8, 4) is 0 Å². The molecule has 4 aromatic rings. The SMILES string of the molecule is CCC[N+]1=C(C=CC=CC=C2N(CCCCCC=O)c3cc(S(=O)(=O)O)c4ccc(S(=O)(=O)O)cc4c3C2(C)C)C(C)(C)c2c1cc(S(=O)(=O)O)c1ccc(S(=O)(=O)O)cc21. The van der Waals surface area contributed by atoms with E-state index in [1.54, 1.807) is 18.2 Å². The average molecular weight is 916 g/mol. The molecule has 4 aromatic carbocycles. The second kappa shape index (κ2) is 16.3. The summed E-state index contributed by atoms with van der Waals surface area (Å²) in [6, 6.07) is 9.71. The van der Waals surface area contributed by atoms with Gasteiger partial charge in [0.2, 0.25) is 5.69 Å². The second-order valence-corrected chi connectivity index (χ2v) is 21.7. The number of carbonyl (C=O) groups excluding carboxylic acids is 1. The number of benzene rings is 4. The third-order valence-electron chi connectivity index (χ3n) is 11.3. The Bertz CT molecular complexity index is 3090. The van der Waals surface area contributed by atoms with Crippen LogP contribution >= 0.6 is 0 Å². The maximum atomic E-state index is 12.8. The van der Waals surface area contributed by atoms with Gasteiger partial charge < -0.3 is 9.69 Å². The summed E-state index contributed by atoms with van der Waals surface area (Å²) in [7, 11) is -19.0. The number of rotatable bonds is 15. The minimum Gasteiger partial charge on any atom is -0.344 e. The maximum absolute atomic E-state index is 12.8. The number of nitrogens with zero attached hydrogens (tertiary/aromatic N) is 2. The number of allylic oxidation sites excluding steroid dienone is 6. The monoisotopic (exact) mass is 915 g/mol. The molecular formula is C42H47N2O13S4+. The lowest BCUT2D eigenvalue weighted by Gasteiger charge is -2.27. The van der Waals surface area contributed by atoms with Crippen molar-refractivity contribution in [2.45, 2.75) is 97.1 Å². The van der Waals surface area contributed by atoms with E-state index < -0.39 is 70.9 Å². The zero-order chi connectivity index (χ0) is 45.1. The molecule has 0 amide bonds. The quantitative estimate of drug-likeness (QED) is 0.0300. The first-order chi connectivity index (χ1) is 28.3. The maximum Gasteiger partial charge on any atom is 0.295 e. The highest BCUT2D eigenvalue weighted by Gasteiger charge is 2.47. The van der Waals surface area contributed by atoms with E-state index in [-0.39, 0.29) is 21.5 Å². The number of anilines is 1. The van der Waals surface area contributed by atoms with Crippen LogP contribution in [0.15, 0.2) is 104 Å². The molecule has 4 N–H and O–H groups in total. The molecule has 0 aliphatic carbocycles. The minimum atomic E-state index is -4.82. The highest BCUT2D eigenvalue weighted by Crippen LogP contribution is 2.53. The topological polar surface area (TPSA) is 241 Å². The number of hydrogen-bond donors (Lipinski definition) is 4. The van der Waals surface area contributed by atoms with E-state index in [0.717, 1.165) is 24.1 Å². The van der Waals surface area contributed by atoms with Crippen molar-refractivity contribution in [3.63, 3.8) is 0 Å². The van der Waals surface area contributed by atoms with Crippen LogP contribution in [-0.4, -0.2) is 81.5 Å². The summed E-state index contributed by atoms with van der Waals surface area (Å²) in [6.07, 6.45) is 12.7. The molecule has 0 unspecified atom stereocenters. The Labute approximate surface area is 355 Å².